The lowest BCUT2D eigenvalue weighted by Crippen LogP contribution is -2.23. The summed E-state index contributed by atoms with van der Waals surface area (Å²) in [6.07, 6.45) is 10.1. The van der Waals surface area contributed by atoms with Gasteiger partial charge in [0.15, 0.2) is 0 Å². The van der Waals surface area contributed by atoms with Gasteiger partial charge in [-0.25, -0.2) is 0 Å². The zero-order valence-corrected chi connectivity index (χ0v) is 12.7. The van der Waals surface area contributed by atoms with Gasteiger partial charge in [0.1, 0.15) is 0 Å². The van der Waals surface area contributed by atoms with Gasteiger partial charge in [0.05, 0.1) is 0 Å². The fourth-order valence-corrected chi connectivity index (χ4v) is 4.02. The van der Waals surface area contributed by atoms with Gasteiger partial charge >= 0.3 is 0 Å². The summed E-state index contributed by atoms with van der Waals surface area (Å²) in [7, 11) is 0. The van der Waals surface area contributed by atoms with Crippen LogP contribution in [0, 0.1) is 12.8 Å². The summed E-state index contributed by atoms with van der Waals surface area (Å²) < 4.78 is 0. The molecule has 1 atom stereocenters. The maximum Gasteiger partial charge on any atom is 0.0333 e. The van der Waals surface area contributed by atoms with Gasteiger partial charge < -0.3 is 5.32 Å². The number of rotatable bonds is 5. The molecule has 1 aliphatic carbocycles. The van der Waals surface area contributed by atoms with Crippen molar-refractivity contribution in [1.29, 1.82) is 0 Å². The van der Waals surface area contributed by atoms with Crippen LogP contribution < -0.4 is 5.32 Å². The molecule has 0 spiro atoms. The Labute approximate surface area is 116 Å². The average Bonchev–Trinajstić information content (AvgIpc) is 2.63. The summed E-state index contributed by atoms with van der Waals surface area (Å²) in [4.78, 5) is 1.49. The number of hydrogen-bond acceptors (Lipinski definition) is 2. The monoisotopic (exact) mass is 265 g/mol. The van der Waals surface area contributed by atoms with E-state index in [4.69, 9.17) is 0 Å². The van der Waals surface area contributed by atoms with Crippen LogP contribution in [0.15, 0.2) is 11.4 Å². The molecule has 1 heterocycles. The van der Waals surface area contributed by atoms with Gasteiger partial charge in [-0.3, -0.25) is 0 Å². The first-order valence-corrected chi connectivity index (χ1v) is 8.46. The maximum atomic E-state index is 3.70. The van der Waals surface area contributed by atoms with E-state index in [1.807, 2.05) is 11.3 Å². The molecule has 0 amide bonds. The summed E-state index contributed by atoms with van der Waals surface area (Å²) in [5, 5.41) is 5.94. The van der Waals surface area contributed by atoms with E-state index in [0.29, 0.717) is 6.04 Å². The van der Waals surface area contributed by atoms with Crippen molar-refractivity contribution in [1.82, 2.24) is 5.32 Å². The van der Waals surface area contributed by atoms with Crippen molar-refractivity contribution in [3.05, 3.63) is 21.9 Å². The first kappa shape index (κ1) is 14.1. The highest BCUT2D eigenvalue weighted by Crippen LogP contribution is 2.33. The molecular formula is C16H27NS. The van der Waals surface area contributed by atoms with Crippen LogP contribution in [0.25, 0.3) is 0 Å². The second-order valence-corrected chi connectivity index (χ2v) is 6.76. The minimum atomic E-state index is 0.587. The molecule has 0 radical (unpaired) electrons. The minimum Gasteiger partial charge on any atom is -0.310 e. The standard InChI is InChI=1S/C16H27NS/c1-3-17-16(15-10-11-18-13(15)2)12-14-8-6-4-5-7-9-14/h10-11,14,16-17H,3-9,12H2,1-2H3. The highest BCUT2D eigenvalue weighted by Gasteiger charge is 2.20. The Kier molecular flexibility index (Phi) is 5.71. The van der Waals surface area contributed by atoms with E-state index in [1.165, 1.54) is 49.8 Å². The summed E-state index contributed by atoms with van der Waals surface area (Å²) >= 11 is 1.88. The van der Waals surface area contributed by atoms with Crippen LogP contribution in [0.1, 0.15) is 68.4 Å². The van der Waals surface area contributed by atoms with Crippen LogP contribution in [-0.2, 0) is 0 Å². The Balaban J connectivity index is 1.99. The van der Waals surface area contributed by atoms with E-state index in [-0.39, 0.29) is 0 Å². The van der Waals surface area contributed by atoms with Crippen molar-refractivity contribution in [2.75, 3.05) is 6.54 Å². The van der Waals surface area contributed by atoms with Gasteiger partial charge in [0.25, 0.3) is 0 Å². The van der Waals surface area contributed by atoms with Crippen molar-refractivity contribution >= 4 is 11.3 Å². The fraction of sp³-hybridized carbons (Fsp3) is 0.750. The smallest absolute Gasteiger partial charge is 0.0333 e. The minimum absolute atomic E-state index is 0.587. The van der Waals surface area contributed by atoms with Gasteiger partial charge in [0, 0.05) is 10.9 Å². The van der Waals surface area contributed by atoms with Gasteiger partial charge in [-0.05, 0) is 42.8 Å². The van der Waals surface area contributed by atoms with Gasteiger partial charge in [-0.1, -0.05) is 45.4 Å². The van der Waals surface area contributed by atoms with Crippen LogP contribution in [-0.4, -0.2) is 6.54 Å². The van der Waals surface area contributed by atoms with Crippen LogP contribution in [0.4, 0.5) is 0 Å². The summed E-state index contributed by atoms with van der Waals surface area (Å²) in [5.74, 6) is 0.941. The third kappa shape index (κ3) is 3.83. The highest BCUT2D eigenvalue weighted by molar-refractivity contribution is 7.10. The fourth-order valence-electron chi connectivity index (χ4n) is 3.26. The molecule has 1 unspecified atom stereocenters. The van der Waals surface area contributed by atoms with Crippen molar-refractivity contribution in [2.45, 2.75) is 64.8 Å². The Morgan fingerprint density at radius 2 is 2.00 bits per heavy atom. The lowest BCUT2D eigenvalue weighted by molar-refractivity contribution is 0.359. The Bertz CT molecular complexity index is 337. The average molecular weight is 265 g/mol. The van der Waals surface area contributed by atoms with Crippen LogP contribution >= 0.6 is 11.3 Å². The molecule has 0 aliphatic heterocycles. The molecule has 1 nitrogen and oxygen atoms in total. The topological polar surface area (TPSA) is 12.0 Å². The van der Waals surface area contributed by atoms with E-state index in [0.717, 1.165) is 12.5 Å². The van der Waals surface area contributed by atoms with Crippen molar-refractivity contribution in [3.63, 3.8) is 0 Å². The second kappa shape index (κ2) is 7.30. The molecule has 1 aromatic rings. The van der Waals surface area contributed by atoms with E-state index >= 15 is 0 Å². The van der Waals surface area contributed by atoms with Crippen molar-refractivity contribution < 1.29 is 0 Å². The molecule has 2 heteroatoms. The quantitative estimate of drug-likeness (QED) is 0.733. The van der Waals surface area contributed by atoms with Crippen molar-refractivity contribution in [3.8, 4) is 0 Å². The normalized spacial score (nSPS) is 19.7. The van der Waals surface area contributed by atoms with Gasteiger partial charge in [-0.2, -0.15) is 0 Å². The summed E-state index contributed by atoms with van der Waals surface area (Å²) in [6, 6.07) is 2.91. The maximum absolute atomic E-state index is 3.70. The van der Waals surface area contributed by atoms with Gasteiger partial charge in [0.2, 0.25) is 0 Å². The molecular weight excluding hydrogens is 238 g/mol. The first-order valence-electron chi connectivity index (χ1n) is 7.58. The summed E-state index contributed by atoms with van der Waals surface area (Å²) in [6.45, 7) is 5.56. The molecule has 2 rings (SSSR count). The Morgan fingerprint density at radius 1 is 1.28 bits per heavy atom. The molecule has 102 valence electrons. The zero-order chi connectivity index (χ0) is 12.8. The molecule has 1 aliphatic rings. The molecule has 0 bridgehead atoms. The number of hydrogen-bond donors (Lipinski definition) is 1. The molecule has 1 N–H and O–H groups in total. The van der Waals surface area contributed by atoms with Crippen LogP contribution in [0.2, 0.25) is 0 Å². The highest BCUT2D eigenvalue weighted by atomic mass is 32.1. The first-order chi connectivity index (χ1) is 8.81. The number of aryl methyl sites for hydroxylation is 1. The zero-order valence-electron chi connectivity index (χ0n) is 11.9. The Morgan fingerprint density at radius 3 is 2.56 bits per heavy atom. The molecule has 1 aromatic heterocycles. The number of thiophene rings is 1. The van der Waals surface area contributed by atoms with E-state index in [9.17, 15) is 0 Å². The largest absolute Gasteiger partial charge is 0.310 e. The molecule has 1 fully saturated rings. The number of nitrogens with one attached hydrogen (secondary N) is 1. The van der Waals surface area contributed by atoms with Gasteiger partial charge in [-0.15, -0.1) is 11.3 Å². The van der Waals surface area contributed by atoms with Crippen molar-refractivity contribution in [2.24, 2.45) is 5.92 Å². The van der Waals surface area contributed by atoms with Crippen LogP contribution in [0.5, 0.6) is 0 Å². The SMILES string of the molecule is CCNC(CC1CCCCCC1)c1ccsc1C. The van der Waals surface area contributed by atoms with Crippen LogP contribution in [0.3, 0.4) is 0 Å². The third-order valence-electron chi connectivity index (χ3n) is 4.27. The lowest BCUT2D eigenvalue weighted by Gasteiger charge is -2.23. The Hall–Kier alpha value is -0.340. The molecule has 1 saturated carbocycles. The molecule has 18 heavy (non-hydrogen) atoms. The third-order valence-corrected chi connectivity index (χ3v) is 5.13. The molecule has 0 aromatic carbocycles. The van der Waals surface area contributed by atoms with E-state index in [2.05, 4.69) is 30.6 Å². The van der Waals surface area contributed by atoms with E-state index < -0.39 is 0 Å². The summed E-state index contributed by atoms with van der Waals surface area (Å²) in [5.41, 5.74) is 1.55. The second-order valence-electron chi connectivity index (χ2n) is 5.64. The molecule has 0 saturated heterocycles. The lowest BCUT2D eigenvalue weighted by atomic mass is 9.89. The van der Waals surface area contributed by atoms with E-state index in [1.54, 1.807) is 5.56 Å². The predicted molar refractivity (Wildman–Crippen MR) is 81.3 cm³/mol. The predicted octanol–water partition coefficient (Wildman–Crippen LogP) is 5.07.